The van der Waals surface area contributed by atoms with Gasteiger partial charge in [-0.05, 0) is 30.5 Å². The van der Waals surface area contributed by atoms with Crippen LogP contribution < -0.4 is 10.6 Å². The van der Waals surface area contributed by atoms with E-state index in [9.17, 15) is 9.50 Å². The lowest BCUT2D eigenvalue weighted by Gasteiger charge is -2.35. The average Bonchev–Trinajstić information content (AvgIpc) is 3.20. The molecule has 7 nitrogen and oxygen atoms in total. The van der Waals surface area contributed by atoms with Crippen LogP contribution >= 0.6 is 24.0 Å². The fourth-order valence-corrected chi connectivity index (χ4v) is 4.06. The summed E-state index contributed by atoms with van der Waals surface area (Å²) >= 11 is 0. The van der Waals surface area contributed by atoms with E-state index in [1.807, 2.05) is 6.07 Å². The van der Waals surface area contributed by atoms with Crippen LogP contribution in [0.3, 0.4) is 0 Å². The monoisotopic (exact) mass is 536 g/mol. The maximum atomic E-state index is 13.8. The molecule has 2 unspecified atom stereocenters. The number of hydrogen-bond donors (Lipinski definition) is 3. The predicted molar refractivity (Wildman–Crippen MR) is 126 cm³/mol. The van der Waals surface area contributed by atoms with Gasteiger partial charge in [0.05, 0.1) is 25.9 Å². The summed E-state index contributed by atoms with van der Waals surface area (Å²) < 4.78 is 24.9. The second kappa shape index (κ2) is 12.7. The molecule has 0 amide bonds. The summed E-state index contributed by atoms with van der Waals surface area (Å²) in [6.45, 7) is 5.81. The molecule has 1 aromatic rings. The molecule has 2 saturated heterocycles. The van der Waals surface area contributed by atoms with Crippen molar-refractivity contribution in [1.29, 1.82) is 0 Å². The largest absolute Gasteiger partial charge is 0.396 e. The topological polar surface area (TPSA) is 78.4 Å². The lowest BCUT2D eigenvalue weighted by molar-refractivity contribution is 0.0169. The third-order valence-electron chi connectivity index (χ3n) is 5.86. The van der Waals surface area contributed by atoms with Crippen LogP contribution in [-0.2, 0) is 9.47 Å². The number of nitrogens with one attached hydrogen (secondary N) is 2. The van der Waals surface area contributed by atoms with Gasteiger partial charge in [-0.25, -0.2) is 4.39 Å². The second-order valence-electron chi connectivity index (χ2n) is 7.80. The van der Waals surface area contributed by atoms with Gasteiger partial charge in [0.15, 0.2) is 5.96 Å². The summed E-state index contributed by atoms with van der Waals surface area (Å²) in [6, 6.07) is 6.81. The van der Waals surface area contributed by atoms with Gasteiger partial charge in [0, 0.05) is 51.9 Å². The van der Waals surface area contributed by atoms with Crippen molar-refractivity contribution in [1.82, 2.24) is 15.5 Å². The fraction of sp³-hybridized carbons (Fsp3) is 0.667. The number of aliphatic hydroxyl groups is 1. The van der Waals surface area contributed by atoms with Gasteiger partial charge in [0.2, 0.25) is 0 Å². The fourth-order valence-electron chi connectivity index (χ4n) is 4.06. The SMILES string of the molecule is CN=C(NCC(c1cccc(F)c1)N1CCOCC1)NCC1(CCO)CCOC1.I. The smallest absolute Gasteiger partial charge is 0.191 e. The van der Waals surface area contributed by atoms with Gasteiger partial charge in [0.25, 0.3) is 0 Å². The molecular weight excluding hydrogens is 502 g/mol. The van der Waals surface area contributed by atoms with E-state index in [0.29, 0.717) is 45.3 Å². The zero-order valence-electron chi connectivity index (χ0n) is 17.6. The van der Waals surface area contributed by atoms with E-state index < -0.39 is 0 Å². The summed E-state index contributed by atoms with van der Waals surface area (Å²) in [5, 5.41) is 16.2. The number of nitrogens with zero attached hydrogens (tertiary/aromatic N) is 2. The van der Waals surface area contributed by atoms with Gasteiger partial charge in [-0.2, -0.15) is 0 Å². The minimum atomic E-state index is -0.226. The Kier molecular flexibility index (Phi) is 10.7. The van der Waals surface area contributed by atoms with Crippen molar-refractivity contribution in [3.05, 3.63) is 35.6 Å². The summed E-state index contributed by atoms with van der Waals surface area (Å²) in [7, 11) is 1.74. The summed E-state index contributed by atoms with van der Waals surface area (Å²) in [6.07, 6.45) is 1.63. The van der Waals surface area contributed by atoms with Gasteiger partial charge in [-0.3, -0.25) is 9.89 Å². The van der Waals surface area contributed by atoms with E-state index in [1.54, 1.807) is 19.2 Å². The Hall–Kier alpha value is -1.01. The van der Waals surface area contributed by atoms with Gasteiger partial charge in [-0.1, -0.05) is 12.1 Å². The molecule has 0 bridgehead atoms. The van der Waals surface area contributed by atoms with Gasteiger partial charge in [0.1, 0.15) is 5.82 Å². The van der Waals surface area contributed by atoms with Crippen molar-refractivity contribution < 1.29 is 19.0 Å². The van der Waals surface area contributed by atoms with Crippen molar-refractivity contribution in [2.24, 2.45) is 10.4 Å². The number of rotatable bonds is 8. The van der Waals surface area contributed by atoms with Gasteiger partial charge >= 0.3 is 0 Å². The van der Waals surface area contributed by atoms with Crippen molar-refractivity contribution >= 4 is 29.9 Å². The summed E-state index contributed by atoms with van der Waals surface area (Å²) in [4.78, 5) is 6.66. The minimum Gasteiger partial charge on any atom is -0.396 e. The Bertz CT molecular complexity index is 667. The number of benzene rings is 1. The number of morpholine rings is 1. The van der Waals surface area contributed by atoms with Crippen LogP contribution in [0.4, 0.5) is 4.39 Å². The normalized spacial score (nSPS) is 23.6. The van der Waals surface area contributed by atoms with Gasteiger partial charge < -0.3 is 25.2 Å². The highest BCUT2D eigenvalue weighted by molar-refractivity contribution is 14.0. The number of guanidine groups is 1. The standard InChI is InChI=1S/C21H33FN4O3.HI/c1-23-20(25-15-21(5-9-27)6-10-29-16-21)24-14-19(26-7-11-28-12-8-26)17-3-2-4-18(22)13-17;/h2-4,13,19,27H,5-12,14-16H2,1H3,(H2,23,24,25);1H. The molecule has 0 aromatic heterocycles. The van der Waals surface area contributed by atoms with Crippen molar-refractivity contribution in [3.63, 3.8) is 0 Å². The van der Waals surface area contributed by atoms with Crippen molar-refractivity contribution in [2.45, 2.75) is 18.9 Å². The maximum absolute atomic E-state index is 13.8. The molecule has 30 heavy (non-hydrogen) atoms. The second-order valence-corrected chi connectivity index (χ2v) is 7.80. The Labute approximate surface area is 195 Å². The molecule has 3 N–H and O–H groups in total. The molecule has 0 spiro atoms. The molecule has 2 aliphatic heterocycles. The Morgan fingerprint density at radius 3 is 2.70 bits per heavy atom. The Balaban J connectivity index is 0.00000320. The molecule has 2 fully saturated rings. The van der Waals surface area contributed by atoms with E-state index in [2.05, 4.69) is 20.5 Å². The van der Waals surface area contributed by atoms with Crippen molar-refractivity contribution in [3.8, 4) is 0 Å². The third-order valence-corrected chi connectivity index (χ3v) is 5.86. The predicted octanol–water partition coefficient (Wildman–Crippen LogP) is 1.77. The highest BCUT2D eigenvalue weighted by Crippen LogP contribution is 2.31. The van der Waals surface area contributed by atoms with Crippen LogP contribution in [0.2, 0.25) is 0 Å². The van der Waals surface area contributed by atoms with Crippen LogP contribution in [0, 0.1) is 11.2 Å². The van der Waals surface area contributed by atoms with Crippen LogP contribution in [0.5, 0.6) is 0 Å². The number of aliphatic hydroxyl groups excluding tert-OH is 1. The molecule has 2 aliphatic rings. The highest BCUT2D eigenvalue weighted by Gasteiger charge is 2.34. The molecule has 9 heteroatoms. The van der Waals surface area contributed by atoms with E-state index in [-0.39, 0.29) is 47.9 Å². The van der Waals surface area contributed by atoms with Crippen LogP contribution in [-0.4, -0.2) is 82.2 Å². The molecule has 0 radical (unpaired) electrons. The first-order valence-electron chi connectivity index (χ1n) is 10.4. The van der Waals surface area contributed by atoms with Gasteiger partial charge in [-0.15, -0.1) is 24.0 Å². The molecule has 2 heterocycles. The molecule has 0 saturated carbocycles. The molecule has 170 valence electrons. The molecule has 3 rings (SSSR count). The molecular formula is C21H34FIN4O3. The molecule has 0 aliphatic carbocycles. The first-order chi connectivity index (χ1) is 14.2. The maximum Gasteiger partial charge on any atom is 0.191 e. The first-order valence-corrected chi connectivity index (χ1v) is 10.4. The zero-order valence-corrected chi connectivity index (χ0v) is 19.9. The summed E-state index contributed by atoms with van der Waals surface area (Å²) in [5.74, 6) is 0.472. The van der Waals surface area contributed by atoms with Crippen molar-refractivity contribution in [2.75, 3.05) is 66.3 Å². The molecule has 2 atom stereocenters. The lowest BCUT2D eigenvalue weighted by atomic mass is 9.84. The van der Waals surface area contributed by atoms with Crippen LogP contribution in [0.1, 0.15) is 24.4 Å². The third kappa shape index (κ3) is 7.01. The lowest BCUT2D eigenvalue weighted by Crippen LogP contribution is -2.48. The van der Waals surface area contributed by atoms with E-state index >= 15 is 0 Å². The van der Waals surface area contributed by atoms with Crippen LogP contribution in [0.25, 0.3) is 0 Å². The quantitative estimate of drug-likeness (QED) is 0.267. The average molecular weight is 536 g/mol. The number of halogens is 2. The molecule has 1 aromatic carbocycles. The van der Waals surface area contributed by atoms with E-state index in [1.165, 1.54) is 6.07 Å². The van der Waals surface area contributed by atoms with E-state index in [4.69, 9.17) is 9.47 Å². The Morgan fingerprint density at radius 2 is 2.07 bits per heavy atom. The Morgan fingerprint density at radius 1 is 1.27 bits per heavy atom. The highest BCUT2D eigenvalue weighted by atomic mass is 127. The zero-order chi connectivity index (χ0) is 20.5. The van der Waals surface area contributed by atoms with Crippen LogP contribution in [0.15, 0.2) is 29.3 Å². The first kappa shape index (κ1) is 25.3. The number of hydrogen-bond acceptors (Lipinski definition) is 5. The van der Waals surface area contributed by atoms with E-state index in [0.717, 1.165) is 31.7 Å². The number of aliphatic imine (C=N–C) groups is 1. The minimum absolute atomic E-state index is 0. The summed E-state index contributed by atoms with van der Waals surface area (Å²) in [5.41, 5.74) is 0.884. The number of ether oxygens (including phenoxy) is 2.